The van der Waals surface area contributed by atoms with Gasteiger partial charge in [-0.2, -0.15) is 4.72 Å². The molecule has 0 saturated carbocycles. The van der Waals surface area contributed by atoms with E-state index in [2.05, 4.69) is 15.6 Å². The maximum Gasteiger partial charge on any atom is 0.319 e. The zero-order valence-corrected chi connectivity index (χ0v) is 17.2. The summed E-state index contributed by atoms with van der Waals surface area (Å²) >= 11 is 1.000. The highest BCUT2D eigenvalue weighted by molar-refractivity contribution is 7.91. The van der Waals surface area contributed by atoms with Crippen molar-refractivity contribution in [2.75, 3.05) is 11.9 Å². The van der Waals surface area contributed by atoms with Crippen molar-refractivity contribution in [3.63, 3.8) is 0 Å². The number of benzene rings is 1. The Labute approximate surface area is 176 Å². The van der Waals surface area contributed by atoms with Gasteiger partial charge in [0.2, 0.25) is 0 Å². The van der Waals surface area contributed by atoms with E-state index in [1.807, 2.05) is 10.8 Å². The summed E-state index contributed by atoms with van der Waals surface area (Å²) in [5.41, 5.74) is 1.97. The highest BCUT2D eigenvalue weighted by Gasteiger charge is 2.18. The van der Waals surface area contributed by atoms with Gasteiger partial charge in [-0.05, 0) is 42.0 Å². The van der Waals surface area contributed by atoms with Crippen LogP contribution < -0.4 is 15.4 Å². The topological polar surface area (TPSA) is 137 Å². The van der Waals surface area contributed by atoms with E-state index in [4.69, 9.17) is 5.11 Å². The van der Waals surface area contributed by atoms with Crippen LogP contribution in [0.4, 0.5) is 10.5 Å². The number of pyridine rings is 1. The Balaban J connectivity index is 1.66. The first kappa shape index (κ1) is 21.4. The van der Waals surface area contributed by atoms with Crippen LogP contribution in [0, 0.1) is 0 Å². The number of urea groups is 1. The molecule has 0 unspecified atom stereocenters. The Morgan fingerprint density at radius 2 is 1.90 bits per heavy atom. The number of carboxylic acids is 1. The minimum atomic E-state index is -3.90. The second-order valence-corrected chi connectivity index (χ2v) is 9.12. The summed E-state index contributed by atoms with van der Waals surface area (Å²) < 4.78 is 26.3. The van der Waals surface area contributed by atoms with Crippen molar-refractivity contribution in [1.29, 1.82) is 0 Å². The van der Waals surface area contributed by atoms with Crippen LogP contribution in [-0.4, -0.2) is 37.1 Å². The number of amides is 2. The maximum atomic E-state index is 12.1. The van der Waals surface area contributed by atoms with Gasteiger partial charge in [0.25, 0.3) is 10.0 Å². The van der Waals surface area contributed by atoms with Crippen molar-refractivity contribution in [3.8, 4) is 10.4 Å². The zero-order valence-electron chi connectivity index (χ0n) is 15.5. The van der Waals surface area contributed by atoms with Gasteiger partial charge in [-0.3, -0.25) is 9.78 Å². The van der Waals surface area contributed by atoms with E-state index in [9.17, 15) is 18.0 Å². The number of aromatic nitrogens is 1. The van der Waals surface area contributed by atoms with Crippen LogP contribution in [0.15, 0.2) is 65.0 Å². The van der Waals surface area contributed by atoms with Crippen molar-refractivity contribution < 1.29 is 23.1 Å². The molecule has 3 aromatic rings. The Morgan fingerprint density at radius 1 is 1.07 bits per heavy atom. The molecule has 0 radical (unpaired) electrons. The van der Waals surface area contributed by atoms with Gasteiger partial charge in [0.15, 0.2) is 0 Å². The SMILES string of the molecule is O=C(O)CNS(=O)(=O)c1ccc(-c2cccc(NC(=O)NCc3ccccn3)c2)s1. The first-order valence-electron chi connectivity index (χ1n) is 8.70. The second-order valence-electron chi connectivity index (χ2n) is 6.05. The molecule has 0 atom stereocenters. The van der Waals surface area contributed by atoms with Crippen LogP contribution in [-0.2, 0) is 21.4 Å². The first-order chi connectivity index (χ1) is 14.3. The van der Waals surface area contributed by atoms with Crippen molar-refractivity contribution >= 4 is 39.0 Å². The first-order valence-corrected chi connectivity index (χ1v) is 11.0. The monoisotopic (exact) mass is 446 g/mol. The van der Waals surface area contributed by atoms with Crippen LogP contribution in [0.25, 0.3) is 10.4 Å². The van der Waals surface area contributed by atoms with E-state index in [0.29, 0.717) is 16.1 Å². The number of hydrogen-bond donors (Lipinski definition) is 4. The molecule has 2 amide bonds. The third kappa shape index (κ3) is 5.86. The van der Waals surface area contributed by atoms with Gasteiger partial charge in [0.1, 0.15) is 10.8 Å². The van der Waals surface area contributed by atoms with Gasteiger partial charge in [-0.25, -0.2) is 13.2 Å². The third-order valence-corrected chi connectivity index (χ3v) is 6.85. The summed E-state index contributed by atoms with van der Waals surface area (Å²) in [6.07, 6.45) is 1.64. The Morgan fingerprint density at radius 3 is 2.63 bits per heavy atom. The number of hydrogen-bond acceptors (Lipinski definition) is 6. The van der Waals surface area contributed by atoms with E-state index >= 15 is 0 Å². The summed E-state index contributed by atoms with van der Waals surface area (Å²) in [7, 11) is -3.90. The number of anilines is 1. The molecule has 9 nitrogen and oxygen atoms in total. The largest absolute Gasteiger partial charge is 0.480 e. The number of nitrogens with zero attached hydrogens (tertiary/aromatic N) is 1. The molecule has 156 valence electrons. The van der Waals surface area contributed by atoms with Gasteiger partial charge in [0.05, 0.1) is 12.2 Å². The minimum Gasteiger partial charge on any atom is -0.480 e. The molecule has 3 rings (SSSR count). The van der Waals surface area contributed by atoms with Gasteiger partial charge >= 0.3 is 12.0 Å². The average molecular weight is 447 g/mol. The summed E-state index contributed by atoms with van der Waals surface area (Å²) in [6.45, 7) is -0.412. The summed E-state index contributed by atoms with van der Waals surface area (Å²) in [4.78, 5) is 27.5. The molecule has 0 aliphatic carbocycles. The predicted molar refractivity (Wildman–Crippen MR) is 113 cm³/mol. The lowest BCUT2D eigenvalue weighted by atomic mass is 10.1. The molecule has 30 heavy (non-hydrogen) atoms. The predicted octanol–water partition coefficient (Wildman–Crippen LogP) is 2.49. The van der Waals surface area contributed by atoms with Crippen LogP contribution in [0.1, 0.15) is 5.69 Å². The molecular formula is C19H18N4O5S2. The van der Waals surface area contributed by atoms with Crippen LogP contribution in [0.5, 0.6) is 0 Å². The molecule has 4 N–H and O–H groups in total. The molecular weight excluding hydrogens is 428 g/mol. The Bertz CT molecular complexity index is 1150. The van der Waals surface area contributed by atoms with Crippen LogP contribution in [0.3, 0.4) is 0 Å². The van der Waals surface area contributed by atoms with Crippen LogP contribution >= 0.6 is 11.3 Å². The molecule has 0 bridgehead atoms. The van der Waals surface area contributed by atoms with E-state index in [1.165, 1.54) is 6.07 Å². The van der Waals surface area contributed by atoms with Gasteiger partial charge < -0.3 is 15.7 Å². The minimum absolute atomic E-state index is 0.00483. The van der Waals surface area contributed by atoms with Gasteiger partial charge in [0, 0.05) is 16.8 Å². The standard InChI is InChI=1S/C19H18N4O5S2/c24-17(25)12-22-30(27,28)18-8-7-16(29-18)13-4-3-6-14(10-13)23-19(26)21-11-15-5-1-2-9-20-15/h1-10,22H,11-12H2,(H,24,25)(H2,21,23,26). The number of aliphatic carboxylic acids is 1. The lowest BCUT2D eigenvalue weighted by Gasteiger charge is -2.08. The van der Waals surface area contributed by atoms with E-state index in [-0.39, 0.29) is 10.8 Å². The molecule has 0 aliphatic rings. The quantitative estimate of drug-likeness (QED) is 0.419. The highest BCUT2D eigenvalue weighted by atomic mass is 32.2. The maximum absolute atomic E-state index is 12.1. The molecule has 1 aromatic carbocycles. The smallest absolute Gasteiger partial charge is 0.319 e. The number of nitrogens with one attached hydrogen (secondary N) is 3. The van der Waals surface area contributed by atoms with E-state index < -0.39 is 28.6 Å². The lowest BCUT2D eigenvalue weighted by molar-refractivity contribution is -0.135. The van der Waals surface area contributed by atoms with E-state index in [0.717, 1.165) is 17.0 Å². The highest BCUT2D eigenvalue weighted by Crippen LogP contribution is 2.31. The fraction of sp³-hybridized carbons (Fsp3) is 0.105. The number of carbonyl (C=O) groups excluding carboxylic acids is 1. The number of thiophene rings is 1. The van der Waals surface area contributed by atoms with E-state index in [1.54, 1.807) is 48.7 Å². The van der Waals surface area contributed by atoms with Crippen LogP contribution in [0.2, 0.25) is 0 Å². The third-order valence-electron chi connectivity index (χ3n) is 3.82. The lowest BCUT2D eigenvalue weighted by Crippen LogP contribution is -2.28. The number of carbonyl (C=O) groups is 2. The van der Waals surface area contributed by atoms with Crippen molar-refractivity contribution in [3.05, 3.63) is 66.5 Å². The van der Waals surface area contributed by atoms with Crippen molar-refractivity contribution in [2.45, 2.75) is 10.8 Å². The Kier molecular flexibility index (Phi) is 6.77. The molecule has 2 heterocycles. The van der Waals surface area contributed by atoms with Crippen molar-refractivity contribution in [2.24, 2.45) is 0 Å². The normalized spacial score (nSPS) is 11.1. The molecule has 0 spiro atoms. The second kappa shape index (κ2) is 9.48. The van der Waals surface area contributed by atoms with Crippen molar-refractivity contribution in [1.82, 2.24) is 15.0 Å². The summed E-state index contributed by atoms with van der Waals surface area (Å²) in [5, 5.41) is 14.1. The molecule has 0 fully saturated rings. The summed E-state index contributed by atoms with van der Waals surface area (Å²) in [6, 6.07) is 15.0. The number of carboxylic acid groups (broad SMARTS) is 1. The molecule has 0 saturated heterocycles. The van der Waals surface area contributed by atoms with Gasteiger partial charge in [-0.15, -0.1) is 11.3 Å². The summed E-state index contributed by atoms with van der Waals surface area (Å²) in [5.74, 6) is -1.27. The van der Waals surface area contributed by atoms with Gasteiger partial charge in [-0.1, -0.05) is 18.2 Å². The Hall–Kier alpha value is -3.28. The fourth-order valence-electron chi connectivity index (χ4n) is 2.45. The molecule has 2 aromatic heterocycles. The molecule has 11 heteroatoms. The molecule has 0 aliphatic heterocycles. The fourth-order valence-corrected chi connectivity index (χ4v) is 4.77. The number of sulfonamides is 1. The zero-order chi connectivity index (χ0) is 21.6. The average Bonchev–Trinajstić information content (AvgIpc) is 3.23. The number of rotatable bonds is 8.